The third-order valence-electron chi connectivity index (χ3n) is 2.84. The first-order chi connectivity index (χ1) is 8.41. The molecule has 1 saturated heterocycles. The number of carboxylic acid groups (broad SMARTS) is 1. The van der Waals surface area contributed by atoms with Gasteiger partial charge < -0.3 is 10.0 Å². The molecule has 18 heavy (non-hydrogen) atoms. The van der Waals surface area contributed by atoms with Gasteiger partial charge in [-0.2, -0.15) is 0 Å². The molecule has 0 bridgehead atoms. The lowest BCUT2D eigenvalue weighted by atomic mass is 10.2. The monoisotopic (exact) mass is 286 g/mol. The van der Waals surface area contributed by atoms with E-state index in [1.807, 2.05) is 13.8 Å². The Labute approximate surface area is 113 Å². The molecule has 0 aromatic carbocycles. The van der Waals surface area contributed by atoms with Crippen molar-refractivity contribution in [1.29, 1.82) is 0 Å². The fourth-order valence-corrected chi connectivity index (χ4v) is 4.02. The van der Waals surface area contributed by atoms with Crippen molar-refractivity contribution in [1.82, 2.24) is 9.88 Å². The Morgan fingerprint density at radius 1 is 1.44 bits per heavy atom. The summed E-state index contributed by atoms with van der Waals surface area (Å²) in [5.41, 5.74) is 0.677. The van der Waals surface area contributed by atoms with Crippen molar-refractivity contribution in [3.05, 3.63) is 15.6 Å². The molecule has 0 spiro atoms. The topological polar surface area (TPSA) is 70.5 Å². The molecule has 1 aliphatic heterocycles. The van der Waals surface area contributed by atoms with Crippen molar-refractivity contribution in [2.75, 3.05) is 5.75 Å². The summed E-state index contributed by atoms with van der Waals surface area (Å²) in [5.74, 6) is -0.721. The summed E-state index contributed by atoms with van der Waals surface area (Å²) in [6.07, 6.45) is 0. The van der Waals surface area contributed by atoms with E-state index in [4.69, 9.17) is 5.11 Å². The summed E-state index contributed by atoms with van der Waals surface area (Å²) >= 11 is 2.81. The first-order valence-corrected chi connectivity index (χ1v) is 7.39. The van der Waals surface area contributed by atoms with E-state index in [-0.39, 0.29) is 11.3 Å². The number of thioether (sulfide) groups is 1. The molecule has 1 N–H and O–H groups in total. The van der Waals surface area contributed by atoms with Crippen molar-refractivity contribution in [2.45, 2.75) is 32.2 Å². The van der Waals surface area contributed by atoms with Crippen molar-refractivity contribution >= 4 is 35.0 Å². The lowest BCUT2D eigenvalue weighted by Gasteiger charge is -2.24. The highest BCUT2D eigenvalue weighted by atomic mass is 32.2. The number of amides is 1. The summed E-state index contributed by atoms with van der Waals surface area (Å²) in [4.78, 5) is 29.8. The minimum Gasteiger partial charge on any atom is -0.480 e. The van der Waals surface area contributed by atoms with Crippen molar-refractivity contribution in [3.8, 4) is 0 Å². The second-order valence-corrected chi connectivity index (χ2v) is 6.70. The number of carbonyl (C=O) groups excluding carboxylic acids is 1. The molecule has 0 saturated carbocycles. The van der Waals surface area contributed by atoms with Gasteiger partial charge in [-0.15, -0.1) is 23.1 Å². The first-order valence-electron chi connectivity index (χ1n) is 5.53. The van der Waals surface area contributed by atoms with Gasteiger partial charge in [-0.1, -0.05) is 0 Å². The van der Waals surface area contributed by atoms with Crippen molar-refractivity contribution < 1.29 is 14.7 Å². The quantitative estimate of drug-likeness (QED) is 0.897. The molecule has 2 rings (SSSR count). The molecule has 1 aliphatic rings. The van der Waals surface area contributed by atoms with Gasteiger partial charge in [0, 0.05) is 5.75 Å². The van der Waals surface area contributed by atoms with Gasteiger partial charge in [0.2, 0.25) is 0 Å². The lowest BCUT2D eigenvalue weighted by molar-refractivity contribution is -0.141. The highest BCUT2D eigenvalue weighted by Crippen LogP contribution is 2.32. The van der Waals surface area contributed by atoms with Gasteiger partial charge in [-0.3, -0.25) is 4.79 Å². The highest BCUT2D eigenvalue weighted by molar-refractivity contribution is 8.00. The molecule has 2 atom stereocenters. The predicted octanol–water partition coefficient (Wildman–Crippen LogP) is 1.75. The van der Waals surface area contributed by atoms with Crippen LogP contribution in [0.1, 0.15) is 27.3 Å². The van der Waals surface area contributed by atoms with E-state index in [1.165, 1.54) is 28.0 Å². The van der Waals surface area contributed by atoms with Crippen LogP contribution >= 0.6 is 23.1 Å². The van der Waals surface area contributed by atoms with Crippen LogP contribution in [0.15, 0.2) is 0 Å². The number of thiazole rings is 1. The highest BCUT2D eigenvalue weighted by Gasteiger charge is 2.40. The maximum atomic E-state index is 12.4. The summed E-state index contributed by atoms with van der Waals surface area (Å²) in [6, 6.07) is -0.737. The Hall–Kier alpha value is -1.08. The largest absolute Gasteiger partial charge is 0.480 e. The minimum absolute atomic E-state index is 0.111. The normalized spacial score (nSPS) is 23.4. The molecular formula is C11H14N2O3S2. The Morgan fingerprint density at radius 3 is 2.61 bits per heavy atom. The Balaban J connectivity index is 2.32. The van der Waals surface area contributed by atoms with Gasteiger partial charge in [0.25, 0.3) is 5.91 Å². The number of aromatic nitrogens is 1. The van der Waals surface area contributed by atoms with Crippen LogP contribution in [-0.2, 0) is 4.79 Å². The van der Waals surface area contributed by atoms with E-state index in [0.717, 1.165) is 5.01 Å². The van der Waals surface area contributed by atoms with E-state index < -0.39 is 12.0 Å². The summed E-state index contributed by atoms with van der Waals surface area (Å²) in [6.45, 7) is 5.47. The van der Waals surface area contributed by atoms with Gasteiger partial charge in [0.15, 0.2) is 0 Å². The molecule has 7 heteroatoms. The summed E-state index contributed by atoms with van der Waals surface area (Å²) in [5, 5.41) is 9.86. The Morgan fingerprint density at radius 2 is 2.11 bits per heavy atom. The first kappa shape index (κ1) is 13.4. The van der Waals surface area contributed by atoms with E-state index in [0.29, 0.717) is 16.3 Å². The van der Waals surface area contributed by atoms with Crippen LogP contribution in [-0.4, -0.2) is 44.0 Å². The van der Waals surface area contributed by atoms with E-state index in [2.05, 4.69) is 4.98 Å². The SMILES string of the molecule is Cc1nc(C)c(C(=O)N2C(C)SCC2C(=O)O)s1. The molecule has 1 amide bonds. The average Bonchev–Trinajstić information content (AvgIpc) is 2.81. The van der Waals surface area contributed by atoms with Crippen LogP contribution in [0.5, 0.6) is 0 Å². The Bertz CT molecular complexity index is 500. The zero-order chi connectivity index (χ0) is 13.4. The molecule has 1 aromatic heterocycles. The van der Waals surface area contributed by atoms with Gasteiger partial charge in [0.05, 0.1) is 16.1 Å². The molecule has 1 fully saturated rings. The zero-order valence-corrected chi connectivity index (χ0v) is 12.0. The van der Waals surface area contributed by atoms with E-state index >= 15 is 0 Å². The zero-order valence-electron chi connectivity index (χ0n) is 10.3. The molecule has 5 nitrogen and oxygen atoms in total. The number of carbonyl (C=O) groups is 2. The second-order valence-electron chi connectivity index (χ2n) is 4.15. The third-order valence-corrected chi connectivity index (χ3v) is 5.12. The van der Waals surface area contributed by atoms with Crippen LogP contribution in [0.4, 0.5) is 0 Å². The molecule has 2 unspecified atom stereocenters. The number of rotatable bonds is 2. The van der Waals surface area contributed by atoms with Crippen LogP contribution in [0.25, 0.3) is 0 Å². The summed E-state index contributed by atoms with van der Waals surface area (Å²) in [7, 11) is 0. The van der Waals surface area contributed by atoms with Gasteiger partial charge >= 0.3 is 5.97 Å². The number of hydrogen-bond acceptors (Lipinski definition) is 5. The minimum atomic E-state index is -0.945. The molecule has 1 aromatic rings. The third kappa shape index (κ3) is 2.24. The Kier molecular flexibility index (Phi) is 3.63. The second kappa shape index (κ2) is 4.89. The number of carboxylic acids is 1. The molecule has 2 heterocycles. The smallest absolute Gasteiger partial charge is 0.327 e. The number of aryl methyl sites for hydroxylation is 2. The van der Waals surface area contributed by atoms with Gasteiger partial charge in [0.1, 0.15) is 10.9 Å². The number of nitrogens with zero attached hydrogens (tertiary/aromatic N) is 2. The van der Waals surface area contributed by atoms with Gasteiger partial charge in [-0.25, -0.2) is 9.78 Å². The maximum Gasteiger partial charge on any atom is 0.327 e. The molecule has 98 valence electrons. The van der Waals surface area contributed by atoms with Crippen LogP contribution in [0, 0.1) is 13.8 Å². The average molecular weight is 286 g/mol. The molecule has 0 aliphatic carbocycles. The number of hydrogen-bond donors (Lipinski definition) is 1. The van der Waals surface area contributed by atoms with Gasteiger partial charge in [-0.05, 0) is 20.8 Å². The molecular weight excluding hydrogens is 272 g/mol. The summed E-state index contributed by atoms with van der Waals surface area (Å²) < 4.78 is 0. The van der Waals surface area contributed by atoms with Crippen LogP contribution < -0.4 is 0 Å². The number of aliphatic carboxylic acids is 1. The van der Waals surface area contributed by atoms with Crippen LogP contribution in [0.2, 0.25) is 0 Å². The van der Waals surface area contributed by atoms with Crippen LogP contribution in [0.3, 0.4) is 0 Å². The molecule has 0 radical (unpaired) electrons. The predicted molar refractivity (Wildman–Crippen MR) is 71.1 cm³/mol. The lowest BCUT2D eigenvalue weighted by Crippen LogP contribution is -2.44. The fraction of sp³-hybridized carbons (Fsp3) is 0.545. The maximum absolute atomic E-state index is 12.4. The van der Waals surface area contributed by atoms with Crippen molar-refractivity contribution in [3.63, 3.8) is 0 Å². The fourth-order valence-electron chi connectivity index (χ4n) is 1.99. The van der Waals surface area contributed by atoms with E-state index in [9.17, 15) is 9.59 Å². The van der Waals surface area contributed by atoms with Crippen molar-refractivity contribution in [2.24, 2.45) is 0 Å². The van der Waals surface area contributed by atoms with E-state index in [1.54, 1.807) is 6.92 Å². The standard InChI is InChI=1S/C11H14N2O3S2/c1-5-9(18-6(2)12-5)10(14)13-7(3)17-4-8(13)11(15)16/h7-8H,4H2,1-3H3,(H,15,16).